The summed E-state index contributed by atoms with van der Waals surface area (Å²) in [7, 11) is 3.34. The third kappa shape index (κ3) is 8.57. The average Bonchev–Trinajstić information content (AvgIpc) is 3.11. The Balaban J connectivity index is 1.50. The van der Waals surface area contributed by atoms with E-state index in [0.717, 1.165) is 66.7 Å². The smallest absolute Gasteiger partial charge is 0.341 e. The Morgan fingerprint density at radius 2 is 1.15 bits per heavy atom. The summed E-state index contributed by atoms with van der Waals surface area (Å²) in [5.74, 6) is 2.67. The summed E-state index contributed by atoms with van der Waals surface area (Å²) < 4.78 is 22.5. The standard InChI is InChI=1S/C40H38O6S/c1-5-45-38(26-47-36-22-23-37(27(2)24-36)46-25-39(41)42)40(32-10-6-28(7-11-32)30-14-18-34(43-3)19-15-30)33-12-8-29(9-13-33)31-16-20-35(44-4)21-17-31/h6-24H,5,25-26H2,1-4H3,(H,41,42). The van der Waals surface area contributed by atoms with Gasteiger partial charge in [-0.05, 0) is 95.3 Å². The van der Waals surface area contributed by atoms with Gasteiger partial charge in [-0.2, -0.15) is 0 Å². The number of hydrogen-bond acceptors (Lipinski definition) is 6. The highest BCUT2D eigenvalue weighted by molar-refractivity contribution is 7.99. The summed E-state index contributed by atoms with van der Waals surface area (Å²) in [6, 6.07) is 39.0. The molecule has 1 N–H and O–H groups in total. The number of ether oxygens (including phenoxy) is 4. The minimum atomic E-state index is -1.00. The van der Waals surface area contributed by atoms with Crippen molar-refractivity contribution in [2.75, 3.05) is 33.2 Å². The molecule has 0 atom stereocenters. The molecule has 47 heavy (non-hydrogen) atoms. The fraction of sp³-hybridized carbons (Fsp3) is 0.175. The highest BCUT2D eigenvalue weighted by Gasteiger charge is 2.16. The molecule has 5 rings (SSSR count). The summed E-state index contributed by atoms with van der Waals surface area (Å²) in [6.07, 6.45) is 0. The summed E-state index contributed by atoms with van der Waals surface area (Å²) in [5, 5.41) is 8.98. The van der Waals surface area contributed by atoms with Crippen molar-refractivity contribution in [1.82, 2.24) is 0 Å². The Bertz CT molecular complexity index is 1720. The zero-order valence-corrected chi connectivity index (χ0v) is 27.8. The summed E-state index contributed by atoms with van der Waals surface area (Å²) in [5.41, 5.74) is 8.45. The van der Waals surface area contributed by atoms with E-state index in [9.17, 15) is 4.79 Å². The third-order valence-electron chi connectivity index (χ3n) is 7.66. The summed E-state index contributed by atoms with van der Waals surface area (Å²) >= 11 is 1.66. The van der Waals surface area contributed by atoms with E-state index in [1.54, 1.807) is 26.0 Å². The van der Waals surface area contributed by atoms with Crippen LogP contribution in [0.3, 0.4) is 0 Å². The van der Waals surface area contributed by atoms with Crippen molar-refractivity contribution in [1.29, 1.82) is 0 Å². The maximum atomic E-state index is 11.0. The first-order valence-electron chi connectivity index (χ1n) is 15.3. The number of thioether (sulfide) groups is 1. The molecule has 0 spiro atoms. The lowest BCUT2D eigenvalue weighted by Crippen LogP contribution is -2.10. The number of aliphatic carboxylic acids is 1. The lowest BCUT2D eigenvalue weighted by atomic mass is 9.93. The Labute approximate surface area is 280 Å². The number of aryl methyl sites for hydroxylation is 1. The third-order valence-corrected chi connectivity index (χ3v) is 8.65. The van der Waals surface area contributed by atoms with Crippen LogP contribution in [0.5, 0.6) is 17.2 Å². The molecule has 5 aromatic carbocycles. The first-order chi connectivity index (χ1) is 22.9. The second kappa shape index (κ2) is 15.9. The van der Waals surface area contributed by atoms with Crippen LogP contribution in [0.25, 0.3) is 27.8 Å². The van der Waals surface area contributed by atoms with Crippen molar-refractivity contribution in [3.05, 3.63) is 138 Å². The largest absolute Gasteiger partial charge is 0.497 e. The van der Waals surface area contributed by atoms with Crippen molar-refractivity contribution in [3.8, 4) is 39.5 Å². The van der Waals surface area contributed by atoms with Crippen LogP contribution in [-0.4, -0.2) is 44.3 Å². The van der Waals surface area contributed by atoms with Crippen molar-refractivity contribution in [3.63, 3.8) is 0 Å². The van der Waals surface area contributed by atoms with Gasteiger partial charge in [0.1, 0.15) is 23.0 Å². The Hall–Kier alpha value is -5.14. The zero-order valence-electron chi connectivity index (χ0n) is 27.0. The van der Waals surface area contributed by atoms with Gasteiger partial charge in [-0.1, -0.05) is 72.8 Å². The van der Waals surface area contributed by atoms with E-state index in [-0.39, 0.29) is 6.61 Å². The highest BCUT2D eigenvalue weighted by Crippen LogP contribution is 2.35. The molecule has 7 heteroatoms. The normalized spacial score (nSPS) is 10.6. The molecule has 0 saturated carbocycles. The molecule has 0 aromatic heterocycles. The fourth-order valence-corrected chi connectivity index (χ4v) is 6.19. The van der Waals surface area contributed by atoms with E-state index in [1.165, 1.54) is 0 Å². The molecule has 0 aliphatic carbocycles. The number of carboxylic acid groups (broad SMARTS) is 1. The molecule has 6 nitrogen and oxygen atoms in total. The molecule has 0 bridgehead atoms. The maximum absolute atomic E-state index is 11.0. The maximum Gasteiger partial charge on any atom is 0.341 e. The van der Waals surface area contributed by atoms with Crippen LogP contribution in [0.4, 0.5) is 0 Å². The summed E-state index contributed by atoms with van der Waals surface area (Å²) in [6.45, 7) is 4.07. The van der Waals surface area contributed by atoms with Crippen LogP contribution >= 0.6 is 11.8 Å². The van der Waals surface area contributed by atoms with Gasteiger partial charge >= 0.3 is 5.97 Å². The monoisotopic (exact) mass is 646 g/mol. The number of carbonyl (C=O) groups is 1. The lowest BCUT2D eigenvalue weighted by Gasteiger charge is -2.18. The second-order valence-electron chi connectivity index (χ2n) is 10.7. The van der Waals surface area contributed by atoms with Gasteiger partial charge in [0, 0.05) is 10.5 Å². The number of methoxy groups -OCH3 is 2. The van der Waals surface area contributed by atoms with Gasteiger partial charge < -0.3 is 24.1 Å². The quantitative estimate of drug-likeness (QED) is 0.0952. The predicted octanol–water partition coefficient (Wildman–Crippen LogP) is 9.40. The molecule has 0 unspecified atom stereocenters. The van der Waals surface area contributed by atoms with Crippen molar-refractivity contribution in [2.24, 2.45) is 0 Å². The van der Waals surface area contributed by atoms with Crippen LogP contribution in [0.1, 0.15) is 23.6 Å². The predicted molar refractivity (Wildman–Crippen MR) is 190 cm³/mol. The van der Waals surface area contributed by atoms with Gasteiger partial charge in [0.25, 0.3) is 0 Å². The van der Waals surface area contributed by atoms with Gasteiger partial charge in [0.15, 0.2) is 6.61 Å². The van der Waals surface area contributed by atoms with E-state index in [4.69, 9.17) is 24.1 Å². The molecule has 0 heterocycles. The SMILES string of the molecule is CCOC(CSc1ccc(OCC(=O)O)c(C)c1)=C(c1ccc(-c2ccc(OC)cc2)cc1)c1ccc(-c2ccc(OC)cc2)cc1. The molecule has 0 fully saturated rings. The van der Waals surface area contributed by atoms with Crippen LogP contribution in [-0.2, 0) is 9.53 Å². The molecular formula is C40H38O6S. The molecule has 0 amide bonds. The zero-order chi connectivity index (χ0) is 33.2. The minimum absolute atomic E-state index is 0.373. The molecule has 5 aromatic rings. The van der Waals surface area contributed by atoms with E-state index < -0.39 is 5.97 Å². The second-order valence-corrected chi connectivity index (χ2v) is 11.8. The first-order valence-corrected chi connectivity index (χ1v) is 16.3. The topological polar surface area (TPSA) is 74.2 Å². The van der Waals surface area contributed by atoms with Gasteiger partial charge in [0.2, 0.25) is 0 Å². The van der Waals surface area contributed by atoms with Gasteiger partial charge in [-0.3, -0.25) is 0 Å². The lowest BCUT2D eigenvalue weighted by molar-refractivity contribution is -0.139. The number of rotatable bonds is 14. The molecule has 0 saturated heterocycles. The molecular weight excluding hydrogens is 609 g/mol. The summed E-state index contributed by atoms with van der Waals surface area (Å²) in [4.78, 5) is 12.0. The van der Waals surface area contributed by atoms with Gasteiger partial charge in [-0.25, -0.2) is 4.79 Å². The Kier molecular flexibility index (Phi) is 11.3. The van der Waals surface area contributed by atoms with Crippen LogP contribution in [0.15, 0.2) is 126 Å². The highest BCUT2D eigenvalue weighted by atomic mass is 32.2. The van der Waals surface area contributed by atoms with E-state index in [2.05, 4.69) is 72.8 Å². The van der Waals surface area contributed by atoms with Crippen LogP contribution in [0, 0.1) is 6.92 Å². The van der Waals surface area contributed by atoms with Crippen molar-refractivity contribution >= 4 is 23.3 Å². The number of benzene rings is 5. The Morgan fingerprint density at radius 3 is 1.55 bits per heavy atom. The van der Waals surface area contributed by atoms with E-state index in [1.807, 2.05) is 56.3 Å². The molecule has 0 aliphatic rings. The molecule has 0 aliphatic heterocycles. The van der Waals surface area contributed by atoms with Gasteiger partial charge in [0.05, 0.1) is 26.6 Å². The molecule has 0 radical (unpaired) electrons. The number of carboxylic acids is 1. The van der Waals surface area contributed by atoms with E-state index in [0.29, 0.717) is 18.1 Å². The average molecular weight is 647 g/mol. The fourth-order valence-electron chi connectivity index (χ4n) is 5.24. The van der Waals surface area contributed by atoms with Crippen LogP contribution < -0.4 is 14.2 Å². The first kappa shape index (κ1) is 33.2. The molecule has 240 valence electrons. The minimum Gasteiger partial charge on any atom is -0.497 e. The van der Waals surface area contributed by atoms with Crippen molar-refractivity contribution in [2.45, 2.75) is 18.7 Å². The van der Waals surface area contributed by atoms with Gasteiger partial charge in [-0.15, -0.1) is 11.8 Å². The van der Waals surface area contributed by atoms with E-state index >= 15 is 0 Å². The Morgan fingerprint density at radius 1 is 0.681 bits per heavy atom. The van der Waals surface area contributed by atoms with Crippen LogP contribution in [0.2, 0.25) is 0 Å². The van der Waals surface area contributed by atoms with Crippen molar-refractivity contribution < 1.29 is 28.8 Å². The number of hydrogen-bond donors (Lipinski definition) is 1.